The molecule has 11 heteroatoms. The van der Waals surface area contributed by atoms with E-state index >= 15 is 0 Å². The fourth-order valence-electron chi connectivity index (χ4n) is 2.46. The van der Waals surface area contributed by atoms with Gasteiger partial charge in [0.1, 0.15) is 0 Å². The van der Waals surface area contributed by atoms with Crippen molar-refractivity contribution in [1.29, 1.82) is 0 Å². The van der Waals surface area contributed by atoms with E-state index in [9.17, 15) is 0 Å². The Morgan fingerprint density at radius 2 is 1.69 bits per heavy atom. The monoisotopic (exact) mass is 493 g/mol. The van der Waals surface area contributed by atoms with Crippen molar-refractivity contribution in [2.75, 3.05) is 0 Å². The van der Waals surface area contributed by atoms with Crippen molar-refractivity contribution in [3.8, 4) is 0 Å². The summed E-state index contributed by atoms with van der Waals surface area (Å²) in [5.41, 5.74) is 1.20. The van der Waals surface area contributed by atoms with Gasteiger partial charge in [0.2, 0.25) is 0 Å². The van der Waals surface area contributed by atoms with Gasteiger partial charge in [-0.25, -0.2) is 4.98 Å². The number of aromatic nitrogens is 2. The lowest BCUT2D eigenvalue weighted by Crippen LogP contribution is -2.15. The molecule has 0 spiro atoms. The van der Waals surface area contributed by atoms with Gasteiger partial charge in [0.25, 0.3) is 5.09 Å². The molecule has 0 aliphatic rings. The van der Waals surface area contributed by atoms with E-state index in [2.05, 4.69) is 4.98 Å². The molecule has 3 rings (SSSR count). The van der Waals surface area contributed by atoms with E-state index < -0.39 is 5.09 Å². The second kappa shape index (κ2) is 11.5. The summed E-state index contributed by atoms with van der Waals surface area (Å²) >= 11 is 26.4. The van der Waals surface area contributed by atoms with Gasteiger partial charge in [0, 0.05) is 39.1 Å². The predicted molar refractivity (Wildman–Crippen MR) is 117 cm³/mol. The summed E-state index contributed by atoms with van der Waals surface area (Å²) in [6.07, 6.45) is 6.36. The third kappa shape index (κ3) is 8.32. The lowest BCUT2D eigenvalue weighted by atomic mass is 10.1. The summed E-state index contributed by atoms with van der Waals surface area (Å²) in [6, 6.07) is 11.3. The van der Waals surface area contributed by atoms with Gasteiger partial charge in [0.05, 0.1) is 16.4 Å². The number of hydrogen-bond acceptors (Lipinski definition) is 4. The predicted octanol–water partition coefficient (Wildman–Crippen LogP) is 6.55. The number of hydrogen-bond donors (Lipinski definition) is 1. The minimum atomic E-state index is -1.50. The molecule has 0 saturated carbocycles. The van der Waals surface area contributed by atoms with E-state index in [1.54, 1.807) is 36.4 Å². The number of nitrogens with zero attached hydrogens (tertiary/aromatic N) is 3. The van der Waals surface area contributed by atoms with Crippen LogP contribution in [0.15, 0.2) is 60.0 Å². The number of imidazole rings is 1. The minimum absolute atomic E-state index is 0.214. The Morgan fingerprint density at radius 1 is 1.10 bits per heavy atom. The standard InChI is InChI=1S/C18H14Cl4N2S.HNO3/c19-13-3-1-12(2-4-13)7-15(10-24-6-5-23-11-24)25-18-16(21)8-14(20)9-17(18)22;2-1(3)4/h1-6,8-9,11,15H,7,10H2;(H,2,3,4). The quantitative estimate of drug-likeness (QED) is 0.238. The first-order chi connectivity index (χ1) is 13.7. The zero-order chi connectivity index (χ0) is 21.4. The Bertz CT molecular complexity index is 913. The van der Waals surface area contributed by atoms with E-state index in [4.69, 9.17) is 61.7 Å². The maximum atomic E-state index is 8.36. The first-order valence-corrected chi connectivity index (χ1v) is 10.5. The molecule has 0 saturated heterocycles. The molecule has 1 aromatic heterocycles. The van der Waals surface area contributed by atoms with Crippen LogP contribution in [0.3, 0.4) is 0 Å². The Morgan fingerprint density at radius 3 is 2.21 bits per heavy atom. The highest BCUT2D eigenvalue weighted by Crippen LogP contribution is 2.39. The van der Waals surface area contributed by atoms with Gasteiger partial charge in [-0.05, 0) is 36.2 Å². The number of halogens is 4. The van der Waals surface area contributed by atoms with E-state index in [-0.39, 0.29) is 5.25 Å². The van der Waals surface area contributed by atoms with Crippen molar-refractivity contribution in [1.82, 2.24) is 9.55 Å². The molecule has 1 unspecified atom stereocenters. The smallest absolute Gasteiger partial charge is 0.291 e. The van der Waals surface area contributed by atoms with Crippen LogP contribution >= 0.6 is 58.2 Å². The summed E-state index contributed by atoms with van der Waals surface area (Å²) in [7, 11) is 0. The molecule has 0 fully saturated rings. The molecule has 0 radical (unpaired) electrons. The van der Waals surface area contributed by atoms with Gasteiger partial charge in [-0.2, -0.15) is 0 Å². The topological polar surface area (TPSA) is 81.2 Å². The molecule has 3 aromatic rings. The third-order valence-electron chi connectivity index (χ3n) is 3.60. The van der Waals surface area contributed by atoms with Gasteiger partial charge in [-0.3, -0.25) is 0 Å². The molecular weight excluding hydrogens is 480 g/mol. The molecule has 0 bridgehead atoms. The SMILES string of the molecule is Clc1ccc(CC(Cn2ccnc2)Sc2c(Cl)cc(Cl)cc2Cl)cc1.O=[N+]([O-])O. The average Bonchev–Trinajstić information content (AvgIpc) is 3.12. The molecule has 0 aliphatic carbocycles. The number of rotatable bonds is 6. The molecule has 1 atom stereocenters. The zero-order valence-electron chi connectivity index (χ0n) is 14.7. The van der Waals surface area contributed by atoms with Crippen LogP contribution in [-0.2, 0) is 13.0 Å². The largest absolute Gasteiger partial charge is 0.336 e. The highest BCUT2D eigenvalue weighted by Gasteiger charge is 2.17. The maximum absolute atomic E-state index is 8.36. The Labute approximate surface area is 191 Å². The van der Waals surface area contributed by atoms with Crippen LogP contribution in [0, 0.1) is 10.1 Å². The van der Waals surface area contributed by atoms with E-state index in [1.165, 1.54) is 5.56 Å². The van der Waals surface area contributed by atoms with Crippen molar-refractivity contribution in [3.05, 3.63) is 90.9 Å². The van der Waals surface area contributed by atoms with Crippen LogP contribution in [0.1, 0.15) is 5.56 Å². The van der Waals surface area contributed by atoms with Crippen LogP contribution in [0.5, 0.6) is 0 Å². The second-order valence-corrected chi connectivity index (χ2v) is 8.76. The Kier molecular flexibility index (Phi) is 9.39. The Balaban J connectivity index is 0.000000687. The first-order valence-electron chi connectivity index (χ1n) is 8.09. The average molecular weight is 495 g/mol. The molecular formula is C18H15Cl4N3O3S. The molecule has 0 amide bonds. The number of benzene rings is 2. The summed E-state index contributed by atoms with van der Waals surface area (Å²) < 4.78 is 2.05. The van der Waals surface area contributed by atoms with Crippen molar-refractivity contribution < 1.29 is 10.3 Å². The fraction of sp³-hybridized carbons (Fsp3) is 0.167. The van der Waals surface area contributed by atoms with Crippen LogP contribution in [-0.4, -0.2) is 25.1 Å². The normalized spacial score (nSPS) is 11.4. The molecule has 6 nitrogen and oxygen atoms in total. The summed E-state index contributed by atoms with van der Waals surface area (Å²) in [5, 5.41) is 16.2. The maximum Gasteiger partial charge on any atom is 0.291 e. The number of thioether (sulfide) groups is 1. The van der Waals surface area contributed by atoms with Gasteiger partial charge in [-0.15, -0.1) is 21.9 Å². The van der Waals surface area contributed by atoms with Crippen molar-refractivity contribution in [3.63, 3.8) is 0 Å². The Hall–Kier alpha value is -1.64. The van der Waals surface area contributed by atoms with Crippen LogP contribution in [0.4, 0.5) is 0 Å². The molecule has 154 valence electrons. The van der Waals surface area contributed by atoms with Gasteiger partial charge >= 0.3 is 0 Å². The molecule has 2 aromatic carbocycles. The van der Waals surface area contributed by atoms with E-state index in [1.807, 2.05) is 35.0 Å². The van der Waals surface area contributed by atoms with Crippen molar-refractivity contribution >= 4 is 58.2 Å². The lowest BCUT2D eigenvalue weighted by Gasteiger charge is -2.19. The summed E-state index contributed by atoms with van der Waals surface area (Å²) in [5.74, 6) is 0. The lowest BCUT2D eigenvalue weighted by molar-refractivity contribution is -0.742. The minimum Gasteiger partial charge on any atom is -0.336 e. The summed E-state index contributed by atoms with van der Waals surface area (Å²) in [6.45, 7) is 0.780. The first kappa shape index (κ1) is 23.6. The molecule has 29 heavy (non-hydrogen) atoms. The van der Waals surface area contributed by atoms with Crippen LogP contribution in [0.25, 0.3) is 0 Å². The van der Waals surface area contributed by atoms with Crippen LogP contribution < -0.4 is 0 Å². The summed E-state index contributed by atoms with van der Waals surface area (Å²) in [4.78, 5) is 13.3. The van der Waals surface area contributed by atoms with E-state index in [0.717, 1.165) is 22.9 Å². The fourth-order valence-corrected chi connectivity index (χ4v) is 4.87. The zero-order valence-corrected chi connectivity index (χ0v) is 18.6. The van der Waals surface area contributed by atoms with Gasteiger partial charge in [0.15, 0.2) is 0 Å². The highest BCUT2D eigenvalue weighted by molar-refractivity contribution is 8.00. The second-order valence-electron chi connectivity index (χ2n) is 5.77. The van der Waals surface area contributed by atoms with Crippen LogP contribution in [0.2, 0.25) is 20.1 Å². The third-order valence-corrected chi connectivity index (χ3v) is 6.21. The van der Waals surface area contributed by atoms with Gasteiger partial charge < -0.3 is 9.77 Å². The van der Waals surface area contributed by atoms with Crippen molar-refractivity contribution in [2.45, 2.75) is 23.1 Å². The van der Waals surface area contributed by atoms with Crippen molar-refractivity contribution in [2.24, 2.45) is 0 Å². The van der Waals surface area contributed by atoms with E-state index in [0.29, 0.717) is 15.1 Å². The van der Waals surface area contributed by atoms with Gasteiger partial charge in [-0.1, -0.05) is 58.5 Å². The molecule has 1 N–H and O–H groups in total. The highest BCUT2D eigenvalue weighted by atomic mass is 35.5. The molecule has 0 aliphatic heterocycles. The molecule has 1 heterocycles.